The van der Waals surface area contributed by atoms with Crippen LogP contribution in [-0.2, 0) is 57.0 Å². The molecule has 0 saturated carbocycles. The summed E-state index contributed by atoms with van der Waals surface area (Å²) in [6.45, 7) is 12.8. The zero-order chi connectivity index (χ0) is 26.4. The maximum Gasteiger partial charge on any atom is 0.330 e. The number of hydrogen-bond donors (Lipinski definition) is 0. The van der Waals surface area contributed by atoms with Gasteiger partial charge < -0.3 is 47.4 Å². The van der Waals surface area contributed by atoms with E-state index in [1.807, 2.05) is 0 Å². The van der Waals surface area contributed by atoms with Gasteiger partial charge in [0.25, 0.3) is 0 Å². The lowest BCUT2D eigenvalue weighted by atomic mass is 10.5. The second-order valence-electron chi connectivity index (χ2n) is 6.83. The summed E-state index contributed by atoms with van der Waals surface area (Å²) in [5, 5.41) is 0. The van der Waals surface area contributed by atoms with E-state index < -0.39 is 5.97 Å². The third-order valence-electron chi connectivity index (χ3n) is 4.00. The lowest BCUT2D eigenvalue weighted by Gasteiger charge is -2.08. The van der Waals surface area contributed by atoms with Crippen molar-refractivity contribution in [2.75, 3.05) is 119 Å². The lowest BCUT2D eigenvalue weighted by Crippen LogP contribution is -2.15. The number of rotatable bonds is 29. The molecular formula is C24H44O12. The summed E-state index contributed by atoms with van der Waals surface area (Å²) in [7, 11) is 0. The quantitative estimate of drug-likeness (QED) is 0.0780. The van der Waals surface area contributed by atoms with E-state index in [2.05, 4.69) is 6.58 Å². The Morgan fingerprint density at radius 3 is 1.11 bits per heavy atom. The van der Waals surface area contributed by atoms with Crippen molar-refractivity contribution in [1.29, 1.82) is 0 Å². The average Bonchev–Trinajstić information content (AvgIpc) is 2.88. The van der Waals surface area contributed by atoms with Gasteiger partial charge in [-0.2, -0.15) is 0 Å². The molecule has 0 aliphatic carbocycles. The van der Waals surface area contributed by atoms with E-state index in [0.717, 1.165) is 6.08 Å². The van der Waals surface area contributed by atoms with Crippen molar-refractivity contribution in [2.45, 2.75) is 13.3 Å². The van der Waals surface area contributed by atoms with Crippen molar-refractivity contribution in [2.24, 2.45) is 0 Å². The molecule has 0 aromatic carbocycles. The molecule has 0 aliphatic heterocycles. The summed E-state index contributed by atoms with van der Waals surface area (Å²) < 4.78 is 52.4. The van der Waals surface area contributed by atoms with Gasteiger partial charge in [-0.1, -0.05) is 6.58 Å². The fourth-order valence-electron chi connectivity index (χ4n) is 2.29. The summed E-state index contributed by atoms with van der Waals surface area (Å²) in [6.07, 6.45) is 1.36. The van der Waals surface area contributed by atoms with Gasteiger partial charge in [0.05, 0.1) is 119 Å². The highest BCUT2D eigenvalue weighted by molar-refractivity contribution is 5.81. The van der Waals surface area contributed by atoms with E-state index in [1.54, 1.807) is 6.92 Å². The van der Waals surface area contributed by atoms with Crippen LogP contribution in [0.3, 0.4) is 0 Å². The number of carbonyl (C=O) groups is 2. The summed E-state index contributed by atoms with van der Waals surface area (Å²) >= 11 is 0. The molecule has 0 bridgehead atoms. The third-order valence-corrected chi connectivity index (χ3v) is 4.00. The molecule has 12 nitrogen and oxygen atoms in total. The van der Waals surface area contributed by atoms with E-state index in [4.69, 9.17) is 47.4 Å². The first-order chi connectivity index (χ1) is 17.7. The summed E-state index contributed by atoms with van der Waals surface area (Å²) in [6, 6.07) is 0. The molecule has 0 fully saturated rings. The molecule has 0 aromatic rings. The van der Waals surface area contributed by atoms with Gasteiger partial charge in [0.1, 0.15) is 6.61 Å². The van der Waals surface area contributed by atoms with E-state index in [0.29, 0.717) is 112 Å². The van der Waals surface area contributed by atoms with E-state index in [-0.39, 0.29) is 19.0 Å². The molecule has 0 amide bonds. The van der Waals surface area contributed by atoms with Gasteiger partial charge in [0.2, 0.25) is 0 Å². The average molecular weight is 525 g/mol. The van der Waals surface area contributed by atoms with E-state index in [9.17, 15) is 9.59 Å². The molecular weight excluding hydrogens is 480 g/mol. The highest BCUT2D eigenvalue weighted by atomic mass is 16.6. The monoisotopic (exact) mass is 524 g/mol. The molecule has 0 aromatic heterocycles. The predicted octanol–water partition coefficient (Wildman–Crippen LogP) is 0.802. The maximum absolute atomic E-state index is 11.1. The Morgan fingerprint density at radius 2 is 0.806 bits per heavy atom. The van der Waals surface area contributed by atoms with Crippen LogP contribution < -0.4 is 0 Å². The second kappa shape index (κ2) is 29.6. The van der Waals surface area contributed by atoms with Crippen LogP contribution in [0.5, 0.6) is 0 Å². The smallest absolute Gasteiger partial charge is 0.330 e. The molecule has 0 rings (SSSR count). The van der Waals surface area contributed by atoms with Crippen molar-refractivity contribution >= 4 is 11.9 Å². The Morgan fingerprint density at radius 1 is 0.500 bits per heavy atom. The molecule has 0 N–H and O–H groups in total. The zero-order valence-corrected chi connectivity index (χ0v) is 21.6. The second-order valence-corrected chi connectivity index (χ2v) is 6.83. The van der Waals surface area contributed by atoms with Crippen LogP contribution in [0.15, 0.2) is 12.7 Å². The van der Waals surface area contributed by atoms with Crippen LogP contribution in [0.4, 0.5) is 0 Å². The molecule has 12 heteroatoms. The van der Waals surface area contributed by atoms with Crippen molar-refractivity contribution in [1.82, 2.24) is 0 Å². The van der Waals surface area contributed by atoms with Crippen molar-refractivity contribution in [3.8, 4) is 0 Å². The van der Waals surface area contributed by atoms with Crippen LogP contribution in [0.2, 0.25) is 0 Å². The van der Waals surface area contributed by atoms with Gasteiger partial charge in [-0.25, -0.2) is 4.79 Å². The summed E-state index contributed by atoms with van der Waals surface area (Å²) in [5.41, 5.74) is 0. The van der Waals surface area contributed by atoms with Crippen LogP contribution in [0, 0.1) is 0 Å². The SMILES string of the molecule is C=CC(=O)OCCOCCOCCOCCOCCOCCOCCOCCOCCC(=O)OCC. The molecule has 0 saturated heterocycles. The molecule has 0 heterocycles. The first-order valence-corrected chi connectivity index (χ1v) is 12.3. The largest absolute Gasteiger partial charge is 0.466 e. The lowest BCUT2D eigenvalue weighted by molar-refractivity contribution is -0.144. The molecule has 0 spiro atoms. The highest BCUT2D eigenvalue weighted by Gasteiger charge is 2.01. The maximum atomic E-state index is 11.1. The van der Waals surface area contributed by atoms with E-state index >= 15 is 0 Å². The minimum atomic E-state index is -0.461. The molecule has 0 radical (unpaired) electrons. The van der Waals surface area contributed by atoms with Crippen LogP contribution in [0.1, 0.15) is 13.3 Å². The zero-order valence-electron chi connectivity index (χ0n) is 21.6. The molecule has 36 heavy (non-hydrogen) atoms. The molecule has 212 valence electrons. The topological polar surface area (TPSA) is 126 Å². The van der Waals surface area contributed by atoms with Gasteiger partial charge in [0, 0.05) is 6.08 Å². The Kier molecular flexibility index (Phi) is 28.2. The van der Waals surface area contributed by atoms with E-state index in [1.165, 1.54) is 0 Å². The fraction of sp³-hybridized carbons (Fsp3) is 0.833. The van der Waals surface area contributed by atoms with Crippen LogP contribution in [0.25, 0.3) is 0 Å². The van der Waals surface area contributed by atoms with Crippen molar-refractivity contribution in [3.63, 3.8) is 0 Å². The highest BCUT2D eigenvalue weighted by Crippen LogP contribution is 1.89. The first kappa shape index (κ1) is 34.4. The fourth-order valence-corrected chi connectivity index (χ4v) is 2.29. The Hall–Kier alpha value is -1.64. The number of ether oxygens (including phenoxy) is 10. The number of carbonyl (C=O) groups excluding carboxylic acids is 2. The van der Waals surface area contributed by atoms with Gasteiger partial charge in [-0.3, -0.25) is 4.79 Å². The third kappa shape index (κ3) is 28.6. The van der Waals surface area contributed by atoms with Crippen molar-refractivity contribution in [3.05, 3.63) is 12.7 Å². The predicted molar refractivity (Wildman–Crippen MR) is 129 cm³/mol. The van der Waals surface area contributed by atoms with Gasteiger partial charge >= 0.3 is 11.9 Å². The van der Waals surface area contributed by atoms with Gasteiger partial charge in [-0.15, -0.1) is 0 Å². The minimum Gasteiger partial charge on any atom is -0.466 e. The summed E-state index contributed by atoms with van der Waals surface area (Å²) in [4.78, 5) is 21.9. The Balaban J connectivity index is 3.07. The standard InChI is InChI=1S/C24H44O12/c1-3-23(25)36-22-21-34-20-19-33-18-17-32-16-15-31-14-13-30-12-11-29-10-9-28-8-7-27-6-5-24(26)35-4-2/h3H,1,4-22H2,2H3. The van der Waals surface area contributed by atoms with Gasteiger partial charge in [-0.05, 0) is 6.92 Å². The normalized spacial score (nSPS) is 10.9. The Labute approximate surface area is 214 Å². The Bertz CT molecular complexity index is 503. The first-order valence-electron chi connectivity index (χ1n) is 12.3. The summed E-state index contributed by atoms with van der Waals surface area (Å²) in [5.74, 6) is -0.716. The van der Waals surface area contributed by atoms with Crippen molar-refractivity contribution < 1.29 is 57.0 Å². The van der Waals surface area contributed by atoms with Gasteiger partial charge in [0.15, 0.2) is 0 Å². The number of hydrogen-bond acceptors (Lipinski definition) is 12. The minimum absolute atomic E-state index is 0.197. The van der Waals surface area contributed by atoms with Crippen LogP contribution in [-0.4, -0.2) is 131 Å². The molecule has 0 aliphatic rings. The molecule has 0 atom stereocenters. The number of esters is 2. The van der Waals surface area contributed by atoms with Crippen LogP contribution >= 0.6 is 0 Å². The molecule has 0 unspecified atom stereocenters.